The van der Waals surface area contributed by atoms with Crippen molar-refractivity contribution in [3.63, 3.8) is 0 Å². The second kappa shape index (κ2) is 29.0. The van der Waals surface area contributed by atoms with Gasteiger partial charge in [-0.2, -0.15) is 8.42 Å². The molecule has 272 valence electrons. The third kappa shape index (κ3) is 25.9. The van der Waals surface area contributed by atoms with Gasteiger partial charge in [0.2, 0.25) is 0 Å². The van der Waals surface area contributed by atoms with E-state index in [0.717, 1.165) is 44.9 Å². The molecule has 0 aromatic carbocycles. The Bertz CT molecular complexity index is 884. The molecule has 1 unspecified atom stereocenters. The summed E-state index contributed by atoms with van der Waals surface area (Å²) in [6.45, 7) is 11.0. The van der Waals surface area contributed by atoms with E-state index in [-0.39, 0.29) is 24.8 Å². The number of carboxylic acid groups (broad SMARTS) is 1. The monoisotopic (exact) mass is 680 g/mol. The Morgan fingerprint density at radius 3 is 1.39 bits per heavy atom. The molecule has 0 aliphatic heterocycles. The zero-order valence-corrected chi connectivity index (χ0v) is 30.1. The van der Waals surface area contributed by atoms with Crippen LogP contribution in [0.3, 0.4) is 0 Å². The van der Waals surface area contributed by atoms with Crippen molar-refractivity contribution in [2.24, 2.45) is 0 Å². The molecule has 0 spiro atoms. The predicted octanol–water partition coefficient (Wildman–Crippen LogP) is 7.97. The molecule has 0 saturated heterocycles. The summed E-state index contributed by atoms with van der Waals surface area (Å²) in [6, 6.07) is 0. The van der Waals surface area contributed by atoms with Crippen LogP contribution in [-0.4, -0.2) is 66.0 Å². The topological polar surface area (TPSA) is 171 Å². The number of aliphatic carboxylic acids is 1. The maximum atomic E-state index is 12.1. The van der Waals surface area contributed by atoms with Gasteiger partial charge in [0.15, 0.2) is 5.25 Å². The molecule has 0 aromatic heterocycles. The van der Waals surface area contributed by atoms with Gasteiger partial charge in [0.25, 0.3) is 10.1 Å². The number of rotatable bonds is 28. The average Bonchev–Trinajstić information content (AvgIpc) is 3.01. The fourth-order valence-corrected chi connectivity index (χ4v) is 5.37. The highest BCUT2D eigenvalue weighted by Crippen LogP contribution is 2.29. The molecule has 11 nitrogen and oxygen atoms in total. The van der Waals surface area contributed by atoms with Crippen LogP contribution >= 0.6 is 0 Å². The van der Waals surface area contributed by atoms with Crippen LogP contribution in [0.25, 0.3) is 0 Å². The Morgan fingerprint density at radius 2 is 1.02 bits per heavy atom. The van der Waals surface area contributed by atoms with Crippen LogP contribution in [0.5, 0.6) is 0 Å². The van der Waals surface area contributed by atoms with E-state index in [9.17, 15) is 27.6 Å². The standard InChI is InChI=1S/C20H38O4.C14H26O7S/c1-3-5-7-9-11-13-17-23-19(21)15-16-20(22)24-18-14-12-10-8-6-4-2;1-4-7-8-9-14(5-2,6-3)21-13(17)11(10-12(15)16)22(18,19)20/h3-18H2,1-2H3;11H,4-10H2,1-3H3,(H,15,16)(H,18,19,20). The first-order chi connectivity index (χ1) is 21.8. The van der Waals surface area contributed by atoms with Crippen LogP contribution in [0.4, 0.5) is 0 Å². The second-order valence-electron chi connectivity index (χ2n) is 11.8. The molecule has 0 aliphatic carbocycles. The molecule has 0 saturated carbocycles. The molecule has 0 amide bonds. The second-order valence-corrected chi connectivity index (χ2v) is 13.4. The van der Waals surface area contributed by atoms with Gasteiger partial charge >= 0.3 is 23.9 Å². The van der Waals surface area contributed by atoms with Crippen molar-refractivity contribution in [1.29, 1.82) is 0 Å². The maximum Gasteiger partial charge on any atom is 0.328 e. The smallest absolute Gasteiger partial charge is 0.328 e. The number of carbonyl (C=O) groups is 4. The molecule has 0 rings (SSSR count). The number of ether oxygens (including phenoxy) is 3. The van der Waals surface area contributed by atoms with Crippen LogP contribution in [0, 0.1) is 0 Å². The molecule has 0 bridgehead atoms. The number of carboxylic acids is 1. The van der Waals surface area contributed by atoms with E-state index in [4.69, 9.17) is 23.9 Å². The maximum absolute atomic E-state index is 12.1. The lowest BCUT2D eigenvalue weighted by molar-refractivity contribution is -0.163. The van der Waals surface area contributed by atoms with E-state index in [1.54, 1.807) is 0 Å². The van der Waals surface area contributed by atoms with Crippen LogP contribution in [0.15, 0.2) is 0 Å². The highest BCUT2D eigenvalue weighted by molar-refractivity contribution is 7.87. The summed E-state index contributed by atoms with van der Waals surface area (Å²) < 4.78 is 47.1. The Balaban J connectivity index is 0. The molecule has 0 radical (unpaired) electrons. The van der Waals surface area contributed by atoms with Gasteiger partial charge in [-0.05, 0) is 38.5 Å². The zero-order valence-electron chi connectivity index (χ0n) is 29.3. The molecule has 0 aromatic rings. The minimum Gasteiger partial charge on any atom is -0.481 e. The van der Waals surface area contributed by atoms with Gasteiger partial charge in [0, 0.05) is 0 Å². The number of esters is 3. The number of hydrogen-bond acceptors (Lipinski definition) is 9. The molecule has 46 heavy (non-hydrogen) atoms. The lowest BCUT2D eigenvalue weighted by Gasteiger charge is -2.32. The van der Waals surface area contributed by atoms with Crippen molar-refractivity contribution in [2.75, 3.05) is 13.2 Å². The summed E-state index contributed by atoms with van der Waals surface area (Å²) in [7, 11) is -4.83. The summed E-state index contributed by atoms with van der Waals surface area (Å²) in [4.78, 5) is 45.8. The molecule has 2 N–H and O–H groups in total. The third-order valence-corrected chi connectivity index (χ3v) is 8.96. The molecule has 0 aliphatic rings. The van der Waals surface area contributed by atoms with Crippen molar-refractivity contribution < 1.29 is 51.5 Å². The van der Waals surface area contributed by atoms with Gasteiger partial charge < -0.3 is 19.3 Å². The molecule has 0 heterocycles. The summed E-state index contributed by atoms with van der Waals surface area (Å²) in [5, 5.41) is 6.61. The SMILES string of the molecule is CCCCCC(CC)(CC)OC(=O)C(CC(=O)O)S(=O)(=O)O.CCCCCCCCOC(=O)CCC(=O)OCCCCCCCC. The Kier molecular flexibility index (Phi) is 28.9. The summed E-state index contributed by atoms with van der Waals surface area (Å²) in [5.74, 6) is -3.28. The quantitative estimate of drug-likeness (QED) is 0.0355. The van der Waals surface area contributed by atoms with Gasteiger partial charge in [0.1, 0.15) is 5.60 Å². The molecular weight excluding hydrogens is 616 g/mol. The zero-order chi connectivity index (χ0) is 35.3. The molecular formula is C34H64O11S. The van der Waals surface area contributed by atoms with Gasteiger partial charge in [-0.15, -0.1) is 0 Å². The van der Waals surface area contributed by atoms with Crippen LogP contribution in [-0.2, 0) is 43.5 Å². The van der Waals surface area contributed by atoms with E-state index in [0.29, 0.717) is 32.5 Å². The van der Waals surface area contributed by atoms with Gasteiger partial charge in [-0.1, -0.05) is 112 Å². The lowest BCUT2D eigenvalue weighted by Crippen LogP contribution is -2.41. The Morgan fingerprint density at radius 1 is 0.630 bits per heavy atom. The van der Waals surface area contributed by atoms with Crippen LogP contribution in [0.1, 0.15) is 169 Å². The van der Waals surface area contributed by atoms with Crippen molar-refractivity contribution >= 4 is 34.0 Å². The van der Waals surface area contributed by atoms with E-state index in [2.05, 4.69) is 13.8 Å². The first kappa shape index (κ1) is 45.9. The van der Waals surface area contributed by atoms with Crippen molar-refractivity contribution in [2.45, 2.75) is 180 Å². The van der Waals surface area contributed by atoms with Gasteiger partial charge in [-0.25, -0.2) is 0 Å². The summed E-state index contributed by atoms with van der Waals surface area (Å²) in [5.41, 5.74) is -0.826. The fraction of sp³-hybridized carbons (Fsp3) is 0.882. The van der Waals surface area contributed by atoms with Crippen molar-refractivity contribution in [1.82, 2.24) is 0 Å². The largest absolute Gasteiger partial charge is 0.481 e. The van der Waals surface area contributed by atoms with Gasteiger partial charge in [0.05, 0.1) is 32.5 Å². The van der Waals surface area contributed by atoms with Crippen molar-refractivity contribution in [3.8, 4) is 0 Å². The Hall–Kier alpha value is -2.21. The first-order valence-corrected chi connectivity index (χ1v) is 19.0. The normalized spacial score (nSPS) is 12.0. The lowest BCUT2D eigenvalue weighted by atomic mass is 9.90. The van der Waals surface area contributed by atoms with Gasteiger partial charge in [-0.3, -0.25) is 23.7 Å². The van der Waals surface area contributed by atoms with E-state index < -0.39 is 39.3 Å². The van der Waals surface area contributed by atoms with E-state index >= 15 is 0 Å². The highest BCUT2D eigenvalue weighted by Gasteiger charge is 2.39. The third-order valence-electron chi connectivity index (χ3n) is 7.88. The first-order valence-electron chi connectivity index (χ1n) is 17.5. The summed E-state index contributed by atoms with van der Waals surface area (Å²) in [6.07, 6.45) is 17.6. The molecule has 12 heteroatoms. The molecule has 1 atom stereocenters. The van der Waals surface area contributed by atoms with Crippen LogP contribution < -0.4 is 0 Å². The van der Waals surface area contributed by atoms with E-state index in [1.165, 1.54) is 51.4 Å². The fourth-order valence-electron chi connectivity index (χ4n) is 4.73. The van der Waals surface area contributed by atoms with E-state index in [1.807, 2.05) is 20.8 Å². The predicted molar refractivity (Wildman–Crippen MR) is 179 cm³/mol. The molecule has 0 fully saturated rings. The van der Waals surface area contributed by atoms with Crippen molar-refractivity contribution in [3.05, 3.63) is 0 Å². The minimum absolute atomic E-state index is 0.130. The number of unbranched alkanes of at least 4 members (excludes halogenated alkanes) is 12. The minimum atomic E-state index is -4.83. The summed E-state index contributed by atoms with van der Waals surface area (Å²) >= 11 is 0. The highest BCUT2D eigenvalue weighted by atomic mass is 32.2. The van der Waals surface area contributed by atoms with Crippen LogP contribution in [0.2, 0.25) is 0 Å². The Labute approximate surface area is 278 Å². The number of hydrogen-bond donors (Lipinski definition) is 2. The number of carbonyl (C=O) groups excluding carboxylic acids is 3. The average molecular weight is 681 g/mol.